The van der Waals surface area contributed by atoms with Gasteiger partial charge in [-0.25, -0.2) is 0 Å². The van der Waals surface area contributed by atoms with Crippen molar-refractivity contribution in [3.8, 4) is 0 Å². The first-order valence-corrected chi connectivity index (χ1v) is 8.36. The zero-order valence-corrected chi connectivity index (χ0v) is 13.6. The van der Waals surface area contributed by atoms with Gasteiger partial charge in [-0.3, -0.25) is 4.79 Å². The molecule has 3 nitrogen and oxygen atoms in total. The van der Waals surface area contributed by atoms with E-state index in [1.165, 1.54) is 9.75 Å². The molecule has 0 bridgehead atoms. The fourth-order valence-corrected chi connectivity index (χ4v) is 3.83. The number of nitrogens with one attached hydrogen (secondary N) is 1. The van der Waals surface area contributed by atoms with E-state index in [1.807, 2.05) is 0 Å². The summed E-state index contributed by atoms with van der Waals surface area (Å²) in [6.07, 6.45) is 4.06. The van der Waals surface area contributed by atoms with Gasteiger partial charge in [-0.15, -0.1) is 11.3 Å². The van der Waals surface area contributed by atoms with Crippen molar-refractivity contribution in [3.05, 3.63) is 21.9 Å². The van der Waals surface area contributed by atoms with Crippen LogP contribution in [-0.2, 0) is 4.79 Å². The van der Waals surface area contributed by atoms with E-state index in [-0.39, 0.29) is 17.4 Å². The van der Waals surface area contributed by atoms with Gasteiger partial charge in [0.2, 0.25) is 5.91 Å². The third-order valence-corrected chi connectivity index (χ3v) is 5.82. The molecule has 0 spiro atoms. The van der Waals surface area contributed by atoms with Crippen LogP contribution in [0.5, 0.6) is 0 Å². The van der Waals surface area contributed by atoms with Gasteiger partial charge in [0.05, 0.1) is 11.5 Å². The Morgan fingerprint density at radius 3 is 2.65 bits per heavy atom. The average molecular weight is 294 g/mol. The second kappa shape index (κ2) is 6.27. The number of aryl methyl sites for hydroxylation is 1. The van der Waals surface area contributed by atoms with Crippen molar-refractivity contribution >= 4 is 17.2 Å². The number of hydrogen-bond donors (Lipinski definition) is 2. The number of amides is 1. The summed E-state index contributed by atoms with van der Waals surface area (Å²) in [6, 6.07) is 4.27. The van der Waals surface area contributed by atoms with Crippen molar-refractivity contribution in [1.82, 2.24) is 5.32 Å². The van der Waals surface area contributed by atoms with Crippen LogP contribution >= 0.6 is 11.3 Å². The maximum absolute atomic E-state index is 12.7. The highest BCUT2D eigenvalue weighted by Crippen LogP contribution is 2.39. The summed E-state index contributed by atoms with van der Waals surface area (Å²) in [4.78, 5) is 15.2. The fraction of sp³-hybridized carbons (Fsp3) is 0.688. The molecule has 112 valence electrons. The second-order valence-corrected chi connectivity index (χ2v) is 7.63. The van der Waals surface area contributed by atoms with Crippen molar-refractivity contribution in [3.63, 3.8) is 0 Å². The third kappa shape index (κ3) is 3.23. The smallest absolute Gasteiger partial charge is 0.227 e. The third-order valence-electron chi connectivity index (χ3n) is 4.64. The van der Waals surface area contributed by atoms with Crippen LogP contribution in [0.1, 0.15) is 55.3 Å². The first-order chi connectivity index (χ1) is 9.47. The lowest BCUT2D eigenvalue weighted by atomic mass is 9.70. The van der Waals surface area contributed by atoms with Crippen molar-refractivity contribution < 1.29 is 4.79 Å². The maximum Gasteiger partial charge on any atom is 0.227 e. The highest BCUT2D eigenvalue weighted by Gasteiger charge is 2.40. The van der Waals surface area contributed by atoms with Gasteiger partial charge in [-0.1, -0.05) is 6.92 Å². The summed E-state index contributed by atoms with van der Waals surface area (Å²) in [5, 5.41) is 3.18. The van der Waals surface area contributed by atoms with Crippen molar-refractivity contribution in [2.24, 2.45) is 17.1 Å². The SMILES string of the molecule is Cc1ccc(C(C)NC(=O)C2(CN)CCC(C)CC2)s1. The fourth-order valence-electron chi connectivity index (χ4n) is 2.95. The van der Waals surface area contributed by atoms with Crippen LogP contribution in [0.25, 0.3) is 0 Å². The van der Waals surface area contributed by atoms with Crippen LogP contribution in [0.4, 0.5) is 0 Å². The summed E-state index contributed by atoms with van der Waals surface area (Å²) < 4.78 is 0. The highest BCUT2D eigenvalue weighted by atomic mass is 32.1. The molecular formula is C16H26N2OS. The molecule has 1 saturated carbocycles. The Morgan fingerprint density at radius 2 is 2.15 bits per heavy atom. The Balaban J connectivity index is 2.02. The largest absolute Gasteiger partial charge is 0.348 e. The molecule has 2 rings (SSSR count). The highest BCUT2D eigenvalue weighted by molar-refractivity contribution is 7.12. The molecule has 0 aliphatic heterocycles. The Labute approximate surface area is 125 Å². The molecule has 1 aliphatic rings. The molecule has 1 aromatic rings. The van der Waals surface area contributed by atoms with E-state index < -0.39 is 0 Å². The predicted molar refractivity (Wildman–Crippen MR) is 84.7 cm³/mol. The number of nitrogens with two attached hydrogens (primary N) is 1. The zero-order valence-electron chi connectivity index (χ0n) is 12.7. The van der Waals surface area contributed by atoms with Gasteiger partial charge in [0.25, 0.3) is 0 Å². The number of hydrogen-bond acceptors (Lipinski definition) is 3. The number of thiophene rings is 1. The van der Waals surface area contributed by atoms with Crippen LogP contribution in [0.15, 0.2) is 12.1 Å². The van der Waals surface area contributed by atoms with Gasteiger partial charge in [0, 0.05) is 16.3 Å². The van der Waals surface area contributed by atoms with E-state index in [4.69, 9.17) is 5.73 Å². The quantitative estimate of drug-likeness (QED) is 0.894. The van der Waals surface area contributed by atoms with Crippen molar-refractivity contribution in [2.75, 3.05) is 6.54 Å². The molecular weight excluding hydrogens is 268 g/mol. The molecule has 3 N–H and O–H groups in total. The van der Waals surface area contributed by atoms with Crippen molar-refractivity contribution in [2.45, 2.75) is 52.5 Å². The van der Waals surface area contributed by atoms with Crippen molar-refractivity contribution in [1.29, 1.82) is 0 Å². The number of carbonyl (C=O) groups excluding carboxylic acids is 1. The molecule has 1 heterocycles. The van der Waals surface area contributed by atoms with Gasteiger partial charge >= 0.3 is 0 Å². The van der Waals surface area contributed by atoms with E-state index in [0.29, 0.717) is 6.54 Å². The molecule has 1 atom stereocenters. The minimum atomic E-state index is -0.340. The lowest BCUT2D eigenvalue weighted by Gasteiger charge is -2.37. The van der Waals surface area contributed by atoms with E-state index in [2.05, 4.69) is 38.2 Å². The Morgan fingerprint density at radius 1 is 1.50 bits per heavy atom. The lowest BCUT2D eigenvalue weighted by Crippen LogP contribution is -2.48. The molecule has 20 heavy (non-hydrogen) atoms. The van der Waals surface area contributed by atoms with Crippen LogP contribution < -0.4 is 11.1 Å². The van der Waals surface area contributed by atoms with Crippen LogP contribution in [-0.4, -0.2) is 12.5 Å². The molecule has 1 fully saturated rings. The van der Waals surface area contributed by atoms with Gasteiger partial charge < -0.3 is 11.1 Å². The first-order valence-electron chi connectivity index (χ1n) is 7.54. The summed E-state index contributed by atoms with van der Waals surface area (Å²) in [7, 11) is 0. The minimum Gasteiger partial charge on any atom is -0.348 e. The van der Waals surface area contributed by atoms with E-state index in [0.717, 1.165) is 31.6 Å². The zero-order chi connectivity index (χ0) is 14.8. The van der Waals surface area contributed by atoms with E-state index >= 15 is 0 Å². The predicted octanol–water partition coefficient (Wildman–Crippen LogP) is 3.39. The Bertz CT molecular complexity index is 461. The van der Waals surface area contributed by atoms with Gasteiger partial charge in [0.15, 0.2) is 0 Å². The van der Waals surface area contributed by atoms with Gasteiger partial charge in [0.1, 0.15) is 0 Å². The molecule has 1 aromatic heterocycles. The van der Waals surface area contributed by atoms with Gasteiger partial charge in [-0.05, 0) is 57.6 Å². The molecule has 1 aliphatic carbocycles. The summed E-state index contributed by atoms with van der Waals surface area (Å²) in [5.41, 5.74) is 5.60. The van der Waals surface area contributed by atoms with E-state index in [1.54, 1.807) is 11.3 Å². The van der Waals surface area contributed by atoms with Crippen LogP contribution in [0.2, 0.25) is 0 Å². The maximum atomic E-state index is 12.7. The normalized spacial score (nSPS) is 28.1. The second-order valence-electron chi connectivity index (χ2n) is 6.31. The Kier molecular flexibility index (Phi) is 4.86. The lowest BCUT2D eigenvalue weighted by molar-refractivity contribution is -0.133. The van der Waals surface area contributed by atoms with Gasteiger partial charge in [-0.2, -0.15) is 0 Å². The topological polar surface area (TPSA) is 55.1 Å². The first kappa shape index (κ1) is 15.5. The van der Waals surface area contributed by atoms with Crippen LogP contribution in [0, 0.1) is 18.3 Å². The molecule has 0 radical (unpaired) electrons. The molecule has 4 heteroatoms. The molecule has 0 aromatic carbocycles. The number of carbonyl (C=O) groups is 1. The minimum absolute atomic E-state index is 0.0731. The average Bonchev–Trinajstić information content (AvgIpc) is 2.86. The summed E-state index contributed by atoms with van der Waals surface area (Å²) >= 11 is 1.75. The number of rotatable bonds is 4. The summed E-state index contributed by atoms with van der Waals surface area (Å²) in [5.74, 6) is 0.866. The molecule has 1 unspecified atom stereocenters. The standard InChI is InChI=1S/C16H26N2OS/c1-11-6-8-16(10-17,9-7-11)15(19)18-13(3)14-5-4-12(2)20-14/h4-5,11,13H,6-10,17H2,1-3H3,(H,18,19). The van der Waals surface area contributed by atoms with Crippen LogP contribution in [0.3, 0.4) is 0 Å². The van der Waals surface area contributed by atoms with E-state index in [9.17, 15) is 4.79 Å². The Hall–Kier alpha value is -0.870. The molecule has 0 saturated heterocycles. The molecule has 1 amide bonds. The monoisotopic (exact) mass is 294 g/mol. The summed E-state index contributed by atoms with van der Waals surface area (Å²) in [6.45, 7) is 6.86.